The van der Waals surface area contributed by atoms with Gasteiger partial charge in [0.15, 0.2) is 0 Å². The molecule has 0 spiro atoms. The maximum atomic E-state index is 10.7. The summed E-state index contributed by atoms with van der Waals surface area (Å²) in [6.45, 7) is 0. The van der Waals surface area contributed by atoms with E-state index in [1.807, 2.05) is 24.3 Å². The lowest BCUT2D eigenvalue weighted by Crippen LogP contribution is -2.37. The number of benzene rings is 1. The Morgan fingerprint density at radius 2 is 2.06 bits per heavy atom. The summed E-state index contributed by atoms with van der Waals surface area (Å²) >= 11 is 0. The largest absolute Gasteiger partial charge is 0.480 e. The standard InChI is InChI=1S/C12H14N2O3/c1-14-8-5-3-2-4-7(8)6-9(14)11(15)10(13)12(16)17/h2-6,10-11,15H,13H2,1H3,(H,16,17). The maximum Gasteiger partial charge on any atom is 0.323 e. The topological polar surface area (TPSA) is 88.5 Å². The first-order valence-electron chi connectivity index (χ1n) is 5.23. The summed E-state index contributed by atoms with van der Waals surface area (Å²) in [6.07, 6.45) is -1.22. The summed E-state index contributed by atoms with van der Waals surface area (Å²) in [5, 5.41) is 19.6. The minimum atomic E-state index is -1.32. The summed E-state index contributed by atoms with van der Waals surface area (Å²) in [7, 11) is 1.77. The van der Waals surface area contributed by atoms with Crippen molar-refractivity contribution >= 4 is 16.9 Å². The number of aliphatic hydroxyl groups excluding tert-OH is 1. The van der Waals surface area contributed by atoms with Crippen molar-refractivity contribution in [3.05, 3.63) is 36.0 Å². The van der Waals surface area contributed by atoms with E-state index in [0.29, 0.717) is 5.69 Å². The predicted molar refractivity (Wildman–Crippen MR) is 63.5 cm³/mol. The lowest BCUT2D eigenvalue weighted by molar-refractivity contribution is -0.141. The molecule has 0 bridgehead atoms. The summed E-state index contributed by atoms with van der Waals surface area (Å²) in [5.41, 5.74) is 6.85. The number of aliphatic carboxylic acids is 1. The maximum absolute atomic E-state index is 10.7. The minimum absolute atomic E-state index is 0.501. The molecule has 0 radical (unpaired) electrons. The van der Waals surface area contributed by atoms with Crippen molar-refractivity contribution in [1.29, 1.82) is 0 Å². The average Bonchev–Trinajstić information content (AvgIpc) is 2.65. The normalized spacial score (nSPS) is 14.8. The van der Waals surface area contributed by atoms with Gasteiger partial charge >= 0.3 is 5.97 Å². The molecule has 5 nitrogen and oxygen atoms in total. The molecule has 0 saturated heterocycles. The van der Waals surface area contributed by atoms with E-state index in [4.69, 9.17) is 10.8 Å². The number of hydrogen-bond acceptors (Lipinski definition) is 3. The van der Waals surface area contributed by atoms with Crippen molar-refractivity contribution in [1.82, 2.24) is 4.57 Å². The third-order valence-electron chi connectivity index (χ3n) is 2.92. The van der Waals surface area contributed by atoms with E-state index >= 15 is 0 Å². The molecule has 1 aromatic carbocycles. The van der Waals surface area contributed by atoms with Gasteiger partial charge in [-0.05, 0) is 17.5 Å². The number of rotatable bonds is 3. The molecule has 2 rings (SSSR count). The van der Waals surface area contributed by atoms with E-state index in [2.05, 4.69) is 0 Å². The Labute approximate surface area is 98.1 Å². The Morgan fingerprint density at radius 3 is 2.65 bits per heavy atom. The molecule has 2 unspecified atom stereocenters. The zero-order valence-corrected chi connectivity index (χ0v) is 9.37. The minimum Gasteiger partial charge on any atom is -0.480 e. The third kappa shape index (κ3) is 1.90. The van der Waals surface area contributed by atoms with Gasteiger partial charge in [-0.25, -0.2) is 0 Å². The number of carbonyl (C=O) groups is 1. The molecule has 0 aliphatic heterocycles. The Hall–Kier alpha value is -1.85. The number of aliphatic hydroxyl groups is 1. The number of aryl methyl sites for hydroxylation is 1. The highest BCUT2D eigenvalue weighted by atomic mass is 16.4. The summed E-state index contributed by atoms with van der Waals surface area (Å²) in [4.78, 5) is 10.7. The van der Waals surface area contributed by atoms with Gasteiger partial charge in [-0.3, -0.25) is 4.79 Å². The van der Waals surface area contributed by atoms with E-state index in [0.717, 1.165) is 10.9 Å². The van der Waals surface area contributed by atoms with Gasteiger partial charge in [0.25, 0.3) is 0 Å². The van der Waals surface area contributed by atoms with Crippen LogP contribution in [0.1, 0.15) is 11.8 Å². The van der Waals surface area contributed by atoms with Crippen LogP contribution in [0, 0.1) is 0 Å². The molecule has 5 heteroatoms. The Bertz CT molecular complexity index is 562. The molecule has 90 valence electrons. The lowest BCUT2D eigenvalue weighted by Gasteiger charge is -2.15. The fourth-order valence-electron chi connectivity index (χ4n) is 1.91. The van der Waals surface area contributed by atoms with Crippen molar-refractivity contribution in [3.8, 4) is 0 Å². The Balaban J connectivity index is 2.49. The van der Waals surface area contributed by atoms with Crippen LogP contribution < -0.4 is 5.73 Å². The second-order valence-corrected chi connectivity index (χ2v) is 4.00. The van der Waals surface area contributed by atoms with Gasteiger partial charge in [-0.1, -0.05) is 18.2 Å². The molecule has 0 fully saturated rings. The highest BCUT2D eigenvalue weighted by Crippen LogP contribution is 2.24. The number of aromatic nitrogens is 1. The van der Waals surface area contributed by atoms with E-state index in [1.54, 1.807) is 17.7 Å². The van der Waals surface area contributed by atoms with Crippen molar-refractivity contribution in [3.63, 3.8) is 0 Å². The summed E-state index contributed by atoms with van der Waals surface area (Å²) in [6, 6.07) is 8.00. The highest BCUT2D eigenvalue weighted by Gasteiger charge is 2.26. The summed E-state index contributed by atoms with van der Waals surface area (Å²) < 4.78 is 1.75. The Kier molecular flexibility index (Phi) is 2.87. The monoisotopic (exact) mass is 234 g/mol. The van der Waals surface area contributed by atoms with Crippen LogP contribution in [0.3, 0.4) is 0 Å². The van der Waals surface area contributed by atoms with Gasteiger partial charge in [0.2, 0.25) is 0 Å². The number of fused-ring (bicyclic) bond motifs is 1. The number of para-hydroxylation sites is 1. The first-order valence-corrected chi connectivity index (χ1v) is 5.23. The number of hydrogen-bond donors (Lipinski definition) is 3. The number of carboxylic acid groups (broad SMARTS) is 1. The molecule has 0 aliphatic rings. The fourth-order valence-corrected chi connectivity index (χ4v) is 1.91. The van der Waals surface area contributed by atoms with Gasteiger partial charge in [0, 0.05) is 18.3 Å². The van der Waals surface area contributed by atoms with Crippen LogP contribution in [-0.4, -0.2) is 26.8 Å². The quantitative estimate of drug-likeness (QED) is 0.726. The first kappa shape index (κ1) is 11.6. The van der Waals surface area contributed by atoms with Gasteiger partial charge in [-0.15, -0.1) is 0 Å². The second-order valence-electron chi connectivity index (χ2n) is 4.00. The predicted octanol–water partition coefficient (Wildman–Crippen LogP) is 0.624. The molecule has 0 aliphatic carbocycles. The third-order valence-corrected chi connectivity index (χ3v) is 2.92. The van der Waals surface area contributed by atoms with Crippen LogP contribution in [-0.2, 0) is 11.8 Å². The lowest BCUT2D eigenvalue weighted by atomic mass is 10.1. The smallest absolute Gasteiger partial charge is 0.323 e. The molecular formula is C12H14N2O3. The fraction of sp³-hybridized carbons (Fsp3) is 0.250. The zero-order valence-electron chi connectivity index (χ0n) is 9.37. The molecule has 4 N–H and O–H groups in total. The highest BCUT2D eigenvalue weighted by molar-refractivity contribution is 5.82. The molecule has 2 aromatic rings. The molecular weight excluding hydrogens is 220 g/mol. The van der Waals surface area contributed by atoms with Crippen LogP contribution in [0.4, 0.5) is 0 Å². The molecule has 0 amide bonds. The van der Waals surface area contributed by atoms with E-state index < -0.39 is 18.1 Å². The molecule has 2 atom stereocenters. The second kappa shape index (κ2) is 4.20. The van der Waals surface area contributed by atoms with E-state index in [9.17, 15) is 9.90 Å². The Morgan fingerprint density at radius 1 is 1.41 bits per heavy atom. The summed E-state index contributed by atoms with van der Waals surface area (Å²) in [5.74, 6) is -1.22. The number of nitrogens with two attached hydrogens (primary N) is 1. The zero-order chi connectivity index (χ0) is 12.6. The molecule has 1 aromatic heterocycles. The average molecular weight is 234 g/mol. The van der Waals surface area contributed by atoms with Crippen LogP contribution >= 0.6 is 0 Å². The van der Waals surface area contributed by atoms with Crippen LogP contribution in [0.25, 0.3) is 10.9 Å². The van der Waals surface area contributed by atoms with E-state index in [-0.39, 0.29) is 0 Å². The van der Waals surface area contributed by atoms with Crippen molar-refractivity contribution < 1.29 is 15.0 Å². The number of nitrogens with zero attached hydrogens (tertiary/aromatic N) is 1. The van der Waals surface area contributed by atoms with Crippen molar-refractivity contribution in [2.45, 2.75) is 12.1 Å². The van der Waals surface area contributed by atoms with Gasteiger partial charge in [0.05, 0.1) is 0 Å². The van der Waals surface area contributed by atoms with Crippen LogP contribution in [0.2, 0.25) is 0 Å². The van der Waals surface area contributed by atoms with Crippen molar-refractivity contribution in [2.24, 2.45) is 12.8 Å². The van der Waals surface area contributed by atoms with E-state index in [1.165, 1.54) is 0 Å². The van der Waals surface area contributed by atoms with Crippen LogP contribution in [0.15, 0.2) is 30.3 Å². The number of carboxylic acids is 1. The molecule has 17 heavy (non-hydrogen) atoms. The molecule has 0 saturated carbocycles. The van der Waals surface area contributed by atoms with Gasteiger partial charge in [0.1, 0.15) is 12.1 Å². The van der Waals surface area contributed by atoms with Gasteiger partial charge in [-0.2, -0.15) is 0 Å². The first-order chi connectivity index (χ1) is 8.02. The SMILES string of the molecule is Cn1c(C(O)C(N)C(=O)O)cc2ccccc21. The van der Waals surface area contributed by atoms with Crippen LogP contribution in [0.5, 0.6) is 0 Å². The molecule has 1 heterocycles. The van der Waals surface area contributed by atoms with Crippen molar-refractivity contribution in [2.75, 3.05) is 0 Å². The van der Waals surface area contributed by atoms with Gasteiger partial charge < -0.3 is 20.5 Å².